The zero-order chi connectivity index (χ0) is 20.9. The average molecular weight is 392 g/mol. The first-order chi connectivity index (χ1) is 14.0. The molecule has 0 bridgehead atoms. The van der Waals surface area contributed by atoms with E-state index < -0.39 is 5.41 Å². The molecule has 0 aliphatic carbocycles. The molecule has 0 fully saturated rings. The Balaban J connectivity index is 2.02. The van der Waals surface area contributed by atoms with Crippen LogP contribution in [0.4, 0.5) is 0 Å². The minimum Gasteiger partial charge on any atom is -0.466 e. The van der Waals surface area contributed by atoms with Gasteiger partial charge >= 0.3 is 5.97 Å². The second-order valence-corrected chi connectivity index (χ2v) is 7.56. The second kappa shape index (κ2) is 9.08. The minimum atomic E-state index is -0.707. The van der Waals surface area contributed by atoms with Crippen LogP contribution in [0.1, 0.15) is 51.2 Å². The Hall–Kier alpha value is -2.88. The molecule has 1 amide bonds. The number of carbonyl (C=O) groups excluding carboxylic acids is 2. The summed E-state index contributed by atoms with van der Waals surface area (Å²) in [6, 6.07) is 20.1. The van der Waals surface area contributed by atoms with E-state index >= 15 is 0 Å². The predicted molar refractivity (Wildman–Crippen MR) is 115 cm³/mol. The molecule has 0 radical (unpaired) electrons. The van der Waals surface area contributed by atoms with Crippen LogP contribution in [-0.2, 0) is 20.9 Å². The Labute approximate surface area is 173 Å². The van der Waals surface area contributed by atoms with Crippen LogP contribution < -0.4 is 0 Å². The van der Waals surface area contributed by atoms with E-state index in [9.17, 15) is 9.59 Å². The number of hydrogen-bond donors (Lipinski definition) is 0. The third-order valence-corrected chi connectivity index (χ3v) is 5.66. The third kappa shape index (κ3) is 4.26. The Kier molecular flexibility index (Phi) is 6.53. The van der Waals surface area contributed by atoms with Gasteiger partial charge in [-0.1, -0.05) is 67.6 Å². The van der Waals surface area contributed by atoms with E-state index in [1.807, 2.05) is 72.5 Å². The Morgan fingerprint density at radius 2 is 1.62 bits per heavy atom. The molecule has 0 spiro atoms. The first-order valence-corrected chi connectivity index (χ1v) is 10.3. The van der Waals surface area contributed by atoms with Gasteiger partial charge < -0.3 is 9.64 Å². The molecule has 1 atom stereocenters. The number of amides is 1. The van der Waals surface area contributed by atoms with E-state index in [2.05, 4.69) is 6.92 Å². The molecular weight excluding hydrogens is 362 g/mol. The molecule has 1 unspecified atom stereocenters. The van der Waals surface area contributed by atoms with Crippen LogP contribution in [0, 0.1) is 5.41 Å². The van der Waals surface area contributed by atoms with Gasteiger partial charge in [0.15, 0.2) is 0 Å². The van der Waals surface area contributed by atoms with Crippen LogP contribution in [0.3, 0.4) is 0 Å². The Bertz CT molecular complexity index is 889. The topological polar surface area (TPSA) is 46.6 Å². The lowest BCUT2D eigenvalue weighted by atomic mass is 9.77. The summed E-state index contributed by atoms with van der Waals surface area (Å²) < 4.78 is 5.10. The van der Waals surface area contributed by atoms with Gasteiger partial charge in [0.05, 0.1) is 24.3 Å². The lowest BCUT2D eigenvalue weighted by Crippen LogP contribution is -2.35. The van der Waals surface area contributed by atoms with Crippen molar-refractivity contribution in [1.82, 2.24) is 4.90 Å². The van der Waals surface area contributed by atoms with Gasteiger partial charge in [-0.3, -0.25) is 9.59 Å². The number of nitrogens with zero attached hydrogens (tertiary/aromatic N) is 1. The van der Waals surface area contributed by atoms with E-state index in [1.54, 1.807) is 6.92 Å². The van der Waals surface area contributed by atoms with E-state index in [0.29, 0.717) is 19.6 Å². The normalized spacial score (nSPS) is 19.0. The highest BCUT2D eigenvalue weighted by atomic mass is 16.5. The molecule has 0 N–H and O–H groups in total. The fourth-order valence-electron chi connectivity index (χ4n) is 4.20. The molecule has 0 saturated carbocycles. The number of benzene rings is 2. The number of ether oxygens (including phenoxy) is 1. The third-order valence-electron chi connectivity index (χ3n) is 5.66. The summed E-state index contributed by atoms with van der Waals surface area (Å²) in [6.07, 6.45) is 1.44. The molecule has 0 aromatic heterocycles. The SMILES string of the molecule is CCOC(=O)CCC1(C)C(=O)N(Cc2ccccc2)C(c2ccccc2)=C1CC. The number of esters is 1. The molecule has 4 heteroatoms. The molecule has 1 heterocycles. The lowest BCUT2D eigenvalue weighted by Gasteiger charge is -2.26. The molecule has 3 rings (SSSR count). The number of carbonyl (C=O) groups is 2. The van der Waals surface area contributed by atoms with Crippen LogP contribution >= 0.6 is 0 Å². The van der Waals surface area contributed by atoms with Gasteiger partial charge in [-0.15, -0.1) is 0 Å². The van der Waals surface area contributed by atoms with Gasteiger partial charge in [0, 0.05) is 6.42 Å². The number of hydrogen-bond acceptors (Lipinski definition) is 3. The zero-order valence-electron chi connectivity index (χ0n) is 17.5. The highest BCUT2D eigenvalue weighted by Gasteiger charge is 2.48. The predicted octanol–water partition coefficient (Wildman–Crippen LogP) is 5.20. The van der Waals surface area contributed by atoms with Gasteiger partial charge in [0.25, 0.3) is 0 Å². The lowest BCUT2D eigenvalue weighted by molar-refractivity contribution is -0.144. The maximum atomic E-state index is 13.7. The molecule has 2 aromatic carbocycles. The molecule has 152 valence electrons. The van der Waals surface area contributed by atoms with Gasteiger partial charge in [0.2, 0.25) is 5.91 Å². The molecule has 29 heavy (non-hydrogen) atoms. The van der Waals surface area contributed by atoms with Gasteiger partial charge in [-0.2, -0.15) is 0 Å². The van der Waals surface area contributed by atoms with Crippen LogP contribution in [0.2, 0.25) is 0 Å². The Morgan fingerprint density at radius 1 is 1.00 bits per heavy atom. The fourth-order valence-corrected chi connectivity index (χ4v) is 4.20. The zero-order valence-corrected chi connectivity index (χ0v) is 17.5. The van der Waals surface area contributed by atoms with Crippen LogP contribution in [-0.4, -0.2) is 23.4 Å². The van der Waals surface area contributed by atoms with E-state index in [4.69, 9.17) is 4.74 Å². The molecule has 1 aliphatic rings. The van der Waals surface area contributed by atoms with Crippen molar-refractivity contribution in [2.75, 3.05) is 6.61 Å². The molecule has 0 saturated heterocycles. The van der Waals surface area contributed by atoms with Crippen molar-refractivity contribution in [3.63, 3.8) is 0 Å². The standard InChI is InChI=1S/C25H29NO3/c1-4-21-23(20-14-10-7-11-15-20)26(18-19-12-8-6-9-13-19)24(28)25(21,3)17-16-22(27)29-5-2/h6-15H,4-5,16-18H2,1-3H3. The highest BCUT2D eigenvalue weighted by Crippen LogP contribution is 2.49. The minimum absolute atomic E-state index is 0.0568. The maximum Gasteiger partial charge on any atom is 0.305 e. The fraction of sp³-hybridized carbons (Fsp3) is 0.360. The summed E-state index contributed by atoms with van der Waals surface area (Å²) in [5.74, 6) is -0.193. The van der Waals surface area contributed by atoms with Gasteiger partial charge in [-0.05, 0) is 43.4 Å². The van der Waals surface area contributed by atoms with Crippen molar-refractivity contribution in [1.29, 1.82) is 0 Å². The van der Waals surface area contributed by atoms with E-state index in [1.165, 1.54) is 0 Å². The summed E-state index contributed by atoms with van der Waals surface area (Å²) in [5.41, 5.74) is 3.48. The van der Waals surface area contributed by atoms with Gasteiger partial charge in [0.1, 0.15) is 0 Å². The molecular formula is C25H29NO3. The summed E-state index contributed by atoms with van der Waals surface area (Å²) in [6.45, 7) is 6.73. The molecule has 4 nitrogen and oxygen atoms in total. The summed E-state index contributed by atoms with van der Waals surface area (Å²) in [7, 11) is 0. The van der Waals surface area contributed by atoms with Crippen molar-refractivity contribution in [3.05, 3.63) is 77.4 Å². The van der Waals surface area contributed by atoms with Crippen molar-refractivity contribution in [2.24, 2.45) is 5.41 Å². The summed E-state index contributed by atoms with van der Waals surface area (Å²) >= 11 is 0. The number of rotatable bonds is 8. The van der Waals surface area contributed by atoms with E-state index in [0.717, 1.165) is 28.8 Å². The molecule has 1 aliphatic heterocycles. The summed E-state index contributed by atoms with van der Waals surface area (Å²) in [5, 5.41) is 0. The van der Waals surface area contributed by atoms with Crippen LogP contribution in [0.5, 0.6) is 0 Å². The smallest absolute Gasteiger partial charge is 0.305 e. The van der Waals surface area contributed by atoms with Crippen molar-refractivity contribution < 1.29 is 14.3 Å². The second-order valence-electron chi connectivity index (χ2n) is 7.56. The highest BCUT2D eigenvalue weighted by molar-refractivity contribution is 6.00. The maximum absolute atomic E-state index is 13.7. The van der Waals surface area contributed by atoms with Crippen LogP contribution in [0.15, 0.2) is 66.2 Å². The van der Waals surface area contributed by atoms with Crippen molar-refractivity contribution in [3.8, 4) is 0 Å². The van der Waals surface area contributed by atoms with E-state index in [-0.39, 0.29) is 18.3 Å². The largest absolute Gasteiger partial charge is 0.466 e. The monoisotopic (exact) mass is 391 g/mol. The van der Waals surface area contributed by atoms with Crippen molar-refractivity contribution in [2.45, 2.75) is 46.6 Å². The van der Waals surface area contributed by atoms with Crippen LogP contribution in [0.25, 0.3) is 5.70 Å². The Morgan fingerprint density at radius 3 is 2.21 bits per heavy atom. The molecule has 2 aromatic rings. The van der Waals surface area contributed by atoms with Gasteiger partial charge in [-0.25, -0.2) is 0 Å². The first kappa shape index (κ1) is 20.8. The van der Waals surface area contributed by atoms with Crippen molar-refractivity contribution >= 4 is 17.6 Å². The average Bonchev–Trinajstić information content (AvgIpc) is 2.95. The first-order valence-electron chi connectivity index (χ1n) is 10.3. The quantitative estimate of drug-likeness (QED) is 0.581. The summed E-state index contributed by atoms with van der Waals surface area (Å²) in [4.78, 5) is 27.6.